The fourth-order valence-electron chi connectivity index (χ4n) is 2.53. The minimum Gasteiger partial charge on any atom is -0.484 e. The highest BCUT2D eigenvalue weighted by molar-refractivity contribution is 5.79. The normalized spacial score (nSPS) is 18.0. The molecule has 0 aliphatic carbocycles. The average molecular weight is 321 g/mol. The van der Waals surface area contributed by atoms with E-state index in [1.54, 1.807) is 4.90 Å². The molecular weight excluding hydrogens is 298 g/mol. The van der Waals surface area contributed by atoms with Crippen LogP contribution in [0.4, 0.5) is 0 Å². The van der Waals surface area contributed by atoms with Crippen LogP contribution in [0.5, 0.6) is 5.75 Å². The summed E-state index contributed by atoms with van der Waals surface area (Å²) in [7, 11) is 0. The Hall–Kier alpha value is -2.08. The van der Waals surface area contributed by atoms with Gasteiger partial charge in [0, 0.05) is 6.54 Å². The fourth-order valence-corrected chi connectivity index (χ4v) is 2.53. The monoisotopic (exact) mass is 321 g/mol. The largest absolute Gasteiger partial charge is 0.484 e. The number of carbonyl (C=O) groups excluding carboxylic acids is 1. The van der Waals surface area contributed by atoms with Crippen molar-refractivity contribution in [2.75, 3.05) is 26.4 Å². The Kier molecular flexibility index (Phi) is 5.98. The number of hydrogen-bond donors (Lipinski definition) is 1. The van der Waals surface area contributed by atoms with Gasteiger partial charge in [-0.2, -0.15) is 0 Å². The van der Waals surface area contributed by atoms with E-state index < -0.39 is 12.0 Å². The molecule has 1 amide bonds. The topological polar surface area (TPSA) is 76.1 Å². The maximum absolute atomic E-state index is 12.3. The molecule has 1 aliphatic rings. The van der Waals surface area contributed by atoms with Crippen LogP contribution in [0, 0.1) is 0 Å². The first-order chi connectivity index (χ1) is 11.0. The van der Waals surface area contributed by atoms with Crippen LogP contribution in [-0.2, 0) is 14.3 Å². The van der Waals surface area contributed by atoms with E-state index in [9.17, 15) is 9.59 Å². The predicted molar refractivity (Wildman–Crippen MR) is 84.6 cm³/mol. The van der Waals surface area contributed by atoms with E-state index in [1.807, 2.05) is 24.3 Å². The molecule has 0 aromatic heterocycles. The number of carboxylic acids is 1. The van der Waals surface area contributed by atoms with Gasteiger partial charge < -0.3 is 19.5 Å². The standard InChI is InChI=1S/C17H23NO5/c1-12(2)13-3-5-15(6-4-13)23-11-16(19)18-7-8-22-10-14(18)9-17(20)21/h3-6,12,14H,7-11H2,1-2H3,(H,20,21). The molecule has 1 saturated heterocycles. The third kappa shape index (κ3) is 4.96. The maximum atomic E-state index is 12.3. The Morgan fingerprint density at radius 3 is 2.65 bits per heavy atom. The van der Waals surface area contributed by atoms with Crippen molar-refractivity contribution in [3.8, 4) is 5.75 Å². The Balaban J connectivity index is 1.90. The van der Waals surface area contributed by atoms with Gasteiger partial charge in [0.2, 0.25) is 0 Å². The van der Waals surface area contributed by atoms with Gasteiger partial charge >= 0.3 is 5.97 Å². The number of aliphatic carboxylic acids is 1. The molecule has 1 aromatic rings. The zero-order chi connectivity index (χ0) is 16.8. The lowest BCUT2D eigenvalue weighted by molar-refractivity contribution is -0.147. The molecule has 2 rings (SSSR count). The molecule has 23 heavy (non-hydrogen) atoms. The first kappa shape index (κ1) is 17.3. The van der Waals surface area contributed by atoms with Gasteiger partial charge in [0.25, 0.3) is 5.91 Å². The molecule has 1 atom stereocenters. The molecular formula is C17H23NO5. The van der Waals surface area contributed by atoms with Crippen LogP contribution in [0.3, 0.4) is 0 Å². The maximum Gasteiger partial charge on any atom is 0.305 e. The highest BCUT2D eigenvalue weighted by Crippen LogP contribution is 2.19. The lowest BCUT2D eigenvalue weighted by atomic mass is 10.0. The Bertz CT molecular complexity index is 540. The van der Waals surface area contributed by atoms with Gasteiger partial charge in [-0.15, -0.1) is 0 Å². The summed E-state index contributed by atoms with van der Waals surface area (Å²) in [6.07, 6.45) is -0.116. The third-order valence-electron chi connectivity index (χ3n) is 3.87. The second-order valence-corrected chi connectivity index (χ2v) is 5.93. The van der Waals surface area contributed by atoms with Crippen molar-refractivity contribution in [1.29, 1.82) is 0 Å². The fraction of sp³-hybridized carbons (Fsp3) is 0.529. The molecule has 1 N–H and O–H groups in total. The zero-order valence-electron chi connectivity index (χ0n) is 13.5. The molecule has 1 unspecified atom stereocenters. The molecule has 1 aromatic carbocycles. The van der Waals surface area contributed by atoms with Gasteiger partial charge in [-0.05, 0) is 23.6 Å². The van der Waals surface area contributed by atoms with E-state index in [-0.39, 0.29) is 25.5 Å². The summed E-state index contributed by atoms with van der Waals surface area (Å²) < 4.78 is 10.8. The van der Waals surface area contributed by atoms with Crippen molar-refractivity contribution in [1.82, 2.24) is 4.90 Å². The number of hydrogen-bond acceptors (Lipinski definition) is 4. The molecule has 6 heteroatoms. The lowest BCUT2D eigenvalue weighted by Crippen LogP contribution is -2.51. The molecule has 6 nitrogen and oxygen atoms in total. The van der Waals surface area contributed by atoms with E-state index >= 15 is 0 Å². The van der Waals surface area contributed by atoms with Gasteiger partial charge in [0.1, 0.15) is 5.75 Å². The summed E-state index contributed by atoms with van der Waals surface area (Å²) in [6.45, 7) is 5.19. The van der Waals surface area contributed by atoms with Crippen LogP contribution in [0.25, 0.3) is 0 Å². The smallest absolute Gasteiger partial charge is 0.305 e. The number of carbonyl (C=O) groups is 2. The van der Waals surface area contributed by atoms with E-state index in [0.29, 0.717) is 24.8 Å². The van der Waals surface area contributed by atoms with E-state index in [4.69, 9.17) is 14.6 Å². The van der Waals surface area contributed by atoms with Gasteiger partial charge in [-0.1, -0.05) is 26.0 Å². The van der Waals surface area contributed by atoms with Crippen molar-refractivity contribution < 1.29 is 24.2 Å². The molecule has 1 heterocycles. The molecule has 0 saturated carbocycles. The van der Waals surface area contributed by atoms with E-state index in [0.717, 1.165) is 0 Å². The van der Waals surface area contributed by atoms with Gasteiger partial charge in [0.05, 0.1) is 25.7 Å². The second-order valence-electron chi connectivity index (χ2n) is 5.93. The molecule has 0 radical (unpaired) electrons. The van der Waals surface area contributed by atoms with Crippen molar-refractivity contribution in [2.24, 2.45) is 0 Å². The Labute approximate surface area is 136 Å². The molecule has 1 aliphatic heterocycles. The van der Waals surface area contributed by atoms with Gasteiger partial charge in [-0.25, -0.2) is 0 Å². The predicted octanol–water partition coefficient (Wildman–Crippen LogP) is 1.89. The highest BCUT2D eigenvalue weighted by atomic mass is 16.5. The molecule has 0 spiro atoms. The van der Waals surface area contributed by atoms with Crippen molar-refractivity contribution in [2.45, 2.75) is 32.2 Å². The summed E-state index contributed by atoms with van der Waals surface area (Å²) in [5, 5.41) is 8.92. The minimum absolute atomic E-state index is 0.100. The number of nitrogens with zero attached hydrogens (tertiary/aromatic N) is 1. The van der Waals surface area contributed by atoms with Crippen LogP contribution < -0.4 is 4.74 Å². The first-order valence-corrected chi connectivity index (χ1v) is 7.79. The van der Waals surface area contributed by atoms with Gasteiger partial charge in [0.15, 0.2) is 6.61 Å². The van der Waals surface area contributed by atoms with Crippen molar-refractivity contribution in [3.63, 3.8) is 0 Å². The zero-order valence-corrected chi connectivity index (χ0v) is 13.5. The van der Waals surface area contributed by atoms with Crippen LogP contribution in [0.15, 0.2) is 24.3 Å². The van der Waals surface area contributed by atoms with Crippen LogP contribution in [0.2, 0.25) is 0 Å². The van der Waals surface area contributed by atoms with Crippen molar-refractivity contribution in [3.05, 3.63) is 29.8 Å². The number of carboxylic acid groups (broad SMARTS) is 1. The summed E-state index contributed by atoms with van der Waals surface area (Å²) in [4.78, 5) is 24.7. The SMILES string of the molecule is CC(C)c1ccc(OCC(=O)N2CCOCC2CC(=O)O)cc1. The number of amides is 1. The second kappa shape index (κ2) is 7.97. The first-order valence-electron chi connectivity index (χ1n) is 7.79. The van der Waals surface area contributed by atoms with E-state index in [2.05, 4.69) is 13.8 Å². The lowest BCUT2D eigenvalue weighted by Gasteiger charge is -2.34. The number of ether oxygens (including phenoxy) is 2. The summed E-state index contributed by atoms with van der Waals surface area (Å²) in [5.41, 5.74) is 1.21. The van der Waals surface area contributed by atoms with Crippen LogP contribution in [0.1, 0.15) is 31.7 Å². The molecule has 0 bridgehead atoms. The number of morpholine rings is 1. The van der Waals surface area contributed by atoms with Gasteiger partial charge in [-0.3, -0.25) is 9.59 Å². The van der Waals surface area contributed by atoms with Crippen molar-refractivity contribution >= 4 is 11.9 Å². The number of rotatable bonds is 6. The average Bonchev–Trinajstić information content (AvgIpc) is 2.53. The number of benzene rings is 1. The van der Waals surface area contributed by atoms with E-state index in [1.165, 1.54) is 5.56 Å². The Morgan fingerprint density at radius 1 is 1.35 bits per heavy atom. The Morgan fingerprint density at radius 2 is 2.04 bits per heavy atom. The quantitative estimate of drug-likeness (QED) is 0.866. The third-order valence-corrected chi connectivity index (χ3v) is 3.87. The van der Waals surface area contributed by atoms with Crippen LogP contribution in [-0.4, -0.2) is 54.3 Å². The molecule has 126 valence electrons. The highest BCUT2D eigenvalue weighted by Gasteiger charge is 2.29. The molecule has 1 fully saturated rings. The summed E-state index contributed by atoms with van der Waals surface area (Å²) in [5.74, 6) is -0.0856. The van der Waals surface area contributed by atoms with Crippen LogP contribution >= 0.6 is 0 Å². The summed E-state index contributed by atoms with van der Waals surface area (Å²) >= 11 is 0. The minimum atomic E-state index is -0.941. The summed E-state index contributed by atoms with van der Waals surface area (Å²) in [6, 6.07) is 7.22.